The van der Waals surface area contributed by atoms with Crippen LogP contribution < -0.4 is 10.1 Å². The summed E-state index contributed by atoms with van der Waals surface area (Å²) in [5.41, 5.74) is 0.885. The van der Waals surface area contributed by atoms with E-state index in [-0.39, 0.29) is 18.7 Å². The number of amides is 1. The summed E-state index contributed by atoms with van der Waals surface area (Å²) in [6, 6.07) is 7.52. The number of hydrogen-bond acceptors (Lipinski definition) is 4. The Morgan fingerprint density at radius 3 is 2.64 bits per heavy atom. The first-order valence-electron chi connectivity index (χ1n) is 7.33. The lowest BCUT2D eigenvalue weighted by molar-refractivity contribution is -0.138. The van der Waals surface area contributed by atoms with E-state index in [2.05, 4.69) is 10.2 Å². The minimum atomic E-state index is -0.972. The summed E-state index contributed by atoms with van der Waals surface area (Å²) in [4.78, 5) is 24.1. The standard InChI is InChI=1S/C16H24N2O4/c1-18(2)10-5-11-22-14-7-4-3-6-13(14)12-17-15(19)8-9-16(20)21/h3-4,6-7H,5,8-12H2,1-2H3,(H,17,19)(H,20,21). The van der Waals surface area contributed by atoms with E-state index < -0.39 is 5.97 Å². The molecule has 22 heavy (non-hydrogen) atoms. The maximum absolute atomic E-state index is 11.5. The Hall–Kier alpha value is -2.08. The van der Waals surface area contributed by atoms with Gasteiger partial charge in [-0.05, 0) is 26.6 Å². The highest BCUT2D eigenvalue weighted by molar-refractivity contribution is 5.80. The van der Waals surface area contributed by atoms with Crippen molar-refractivity contribution in [1.82, 2.24) is 10.2 Å². The zero-order chi connectivity index (χ0) is 16.4. The van der Waals surface area contributed by atoms with Gasteiger partial charge in [0.15, 0.2) is 0 Å². The minimum Gasteiger partial charge on any atom is -0.493 e. The highest BCUT2D eigenvalue weighted by atomic mass is 16.5. The Bertz CT molecular complexity index is 489. The fourth-order valence-electron chi connectivity index (χ4n) is 1.86. The first-order chi connectivity index (χ1) is 10.5. The molecule has 0 radical (unpaired) electrons. The number of para-hydroxylation sites is 1. The molecule has 0 bridgehead atoms. The van der Waals surface area contributed by atoms with Crippen molar-refractivity contribution >= 4 is 11.9 Å². The molecule has 6 nitrogen and oxygen atoms in total. The SMILES string of the molecule is CN(C)CCCOc1ccccc1CNC(=O)CCC(=O)O. The van der Waals surface area contributed by atoms with Crippen LogP contribution in [0.4, 0.5) is 0 Å². The van der Waals surface area contributed by atoms with Crippen molar-refractivity contribution < 1.29 is 19.4 Å². The van der Waals surface area contributed by atoms with Gasteiger partial charge >= 0.3 is 5.97 Å². The summed E-state index contributed by atoms with van der Waals surface area (Å²) in [5, 5.41) is 11.3. The Balaban J connectivity index is 2.42. The normalized spacial score (nSPS) is 10.5. The maximum atomic E-state index is 11.5. The van der Waals surface area contributed by atoms with Gasteiger partial charge in [-0.1, -0.05) is 18.2 Å². The molecule has 0 aliphatic heterocycles. The van der Waals surface area contributed by atoms with Crippen molar-refractivity contribution in [3.8, 4) is 5.75 Å². The van der Waals surface area contributed by atoms with Crippen LogP contribution >= 0.6 is 0 Å². The third kappa shape index (κ3) is 7.64. The van der Waals surface area contributed by atoms with Gasteiger partial charge in [0, 0.05) is 25.1 Å². The van der Waals surface area contributed by atoms with Crippen LogP contribution in [0, 0.1) is 0 Å². The van der Waals surface area contributed by atoms with Crippen LogP contribution in [0.15, 0.2) is 24.3 Å². The molecule has 122 valence electrons. The highest BCUT2D eigenvalue weighted by Gasteiger charge is 2.07. The molecule has 1 rings (SSSR count). The van der Waals surface area contributed by atoms with E-state index in [0.717, 1.165) is 24.3 Å². The van der Waals surface area contributed by atoms with Gasteiger partial charge in [-0.2, -0.15) is 0 Å². The molecule has 6 heteroatoms. The smallest absolute Gasteiger partial charge is 0.303 e. The molecule has 0 unspecified atom stereocenters. The fraction of sp³-hybridized carbons (Fsp3) is 0.500. The molecule has 0 saturated heterocycles. The number of aliphatic carboxylic acids is 1. The molecule has 0 aromatic heterocycles. The number of nitrogens with zero attached hydrogens (tertiary/aromatic N) is 1. The second kappa shape index (κ2) is 9.78. The van der Waals surface area contributed by atoms with Crippen molar-refractivity contribution in [2.24, 2.45) is 0 Å². The molecule has 1 aromatic carbocycles. The number of carbonyl (C=O) groups is 2. The molecular formula is C16H24N2O4. The van der Waals surface area contributed by atoms with Crippen molar-refractivity contribution in [3.63, 3.8) is 0 Å². The van der Waals surface area contributed by atoms with Crippen LogP contribution in [0.2, 0.25) is 0 Å². The molecule has 0 fully saturated rings. The number of rotatable bonds is 10. The maximum Gasteiger partial charge on any atom is 0.303 e. The third-order valence-electron chi connectivity index (χ3n) is 3.02. The molecule has 2 N–H and O–H groups in total. The molecule has 1 amide bonds. The van der Waals surface area contributed by atoms with Gasteiger partial charge in [0.2, 0.25) is 5.91 Å². The zero-order valence-corrected chi connectivity index (χ0v) is 13.2. The van der Waals surface area contributed by atoms with Crippen molar-refractivity contribution in [1.29, 1.82) is 0 Å². The topological polar surface area (TPSA) is 78.9 Å². The summed E-state index contributed by atoms with van der Waals surface area (Å²) in [7, 11) is 4.03. The summed E-state index contributed by atoms with van der Waals surface area (Å²) < 4.78 is 5.75. The molecule has 0 saturated carbocycles. The molecule has 0 aliphatic carbocycles. The fourth-order valence-corrected chi connectivity index (χ4v) is 1.86. The Kier molecular flexibility index (Phi) is 7.99. The van der Waals surface area contributed by atoms with E-state index in [1.54, 1.807) is 0 Å². The molecule has 0 aliphatic rings. The van der Waals surface area contributed by atoms with E-state index in [1.165, 1.54) is 0 Å². The van der Waals surface area contributed by atoms with Crippen LogP contribution in [0.25, 0.3) is 0 Å². The lowest BCUT2D eigenvalue weighted by Crippen LogP contribution is -2.23. The Morgan fingerprint density at radius 2 is 1.95 bits per heavy atom. The van der Waals surface area contributed by atoms with Crippen LogP contribution in [0.3, 0.4) is 0 Å². The van der Waals surface area contributed by atoms with Crippen molar-refractivity contribution in [2.45, 2.75) is 25.8 Å². The lowest BCUT2D eigenvalue weighted by atomic mass is 10.2. The van der Waals surface area contributed by atoms with Gasteiger partial charge in [0.25, 0.3) is 0 Å². The predicted octanol–water partition coefficient (Wildman–Crippen LogP) is 1.50. The van der Waals surface area contributed by atoms with Crippen LogP contribution in [0.1, 0.15) is 24.8 Å². The lowest BCUT2D eigenvalue weighted by Gasteiger charge is -2.13. The van der Waals surface area contributed by atoms with Crippen LogP contribution in [-0.4, -0.2) is 49.1 Å². The second-order valence-corrected chi connectivity index (χ2v) is 5.28. The molecule has 0 spiro atoms. The molecule has 0 heterocycles. The quantitative estimate of drug-likeness (QED) is 0.640. The molecule has 0 atom stereocenters. The minimum absolute atomic E-state index is 0.0127. The van der Waals surface area contributed by atoms with E-state index in [9.17, 15) is 9.59 Å². The summed E-state index contributed by atoms with van der Waals surface area (Å²) in [6.07, 6.45) is 0.752. The van der Waals surface area contributed by atoms with E-state index >= 15 is 0 Å². The van der Waals surface area contributed by atoms with Gasteiger partial charge in [-0.25, -0.2) is 0 Å². The number of carbonyl (C=O) groups excluding carboxylic acids is 1. The Labute approximate surface area is 131 Å². The number of hydrogen-bond donors (Lipinski definition) is 2. The summed E-state index contributed by atoms with van der Waals surface area (Å²) >= 11 is 0. The second-order valence-electron chi connectivity index (χ2n) is 5.28. The number of benzene rings is 1. The number of carboxylic acid groups (broad SMARTS) is 1. The largest absolute Gasteiger partial charge is 0.493 e. The highest BCUT2D eigenvalue weighted by Crippen LogP contribution is 2.18. The summed E-state index contributed by atoms with van der Waals surface area (Å²) in [5.74, 6) is -0.496. The van der Waals surface area contributed by atoms with Gasteiger partial charge in [-0.15, -0.1) is 0 Å². The zero-order valence-electron chi connectivity index (χ0n) is 13.2. The van der Waals surface area contributed by atoms with Gasteiger partial charge in [0.05, 0.1) is 13.0 Å². The first-order valence-corrected chi connectivity index (χ1v) is 7.33. The van der Waals surface area contributed by atoms with E-state index in [1.807, 2.05) is 38.4 Å². The first kappa shape index (κ1) is 18.0. The van der Waals surface area contributed by atoms with E-state index in [0.29, 0.717) is 13.2 Å². The third-order valence-corrected chi connectivity index (χ3v) is 3.02. The number of nitrogens with one attached hydrogen (secondary N) is 1. The summed E-state index contributed by atoms with van der Waals surface area (Å²) in [6.45, 7) is 1.90. The monoisotopic (exact) mass is 308 g/mol. The van der Waals surface area contributed by atoms with E-state index in [4.69, 9.17) is 9.84 Å². The number of ether oxygens (including phenoxy) is 1. The van der Waals surface area contributed by atoms with Crippen molar-refractivity contribution in [2.75, 3.05) is 27.2 Å². The predicted molar refractivity (Wildman–Crippen MR) is 83.8 cm³/mol. The average Bonchev–Trinajstić information content (AvgIpc) is 2.48. The average molecular weight is 308 g/mol. The van der Waals surface area contributed by atoms with Crippen LogP contribution in [-0.2, 0) is 16.1 Å². The van der Waals surface area contributed by atoms with Gasteiger partial charge in [-0.3, -0.25) is 9.59 Å². The Morgan fingerprint density at radius 1 is 1.23 bits per heavy atom. The molecular weight excluding hydrogens is 284 g/mol. The van der Waals surface area contributed by atoms with Gasteiger partial charge < -0.3 is 20.1 Å². The van der Waals surface area contributed by atoms with Gasteiger partial charge in [0.1, 0.15) is 5.75 Å². The number of carboxylic acids is 1. The van der Waals surface area contributed by atoms with Crippen LogP contribution in [0.5, 0.6) is 5.75 Å². The molecule has 1 aromatic rings. The van der Waals surface area contributed by atoms with Crippen molar-refractivity contribution in [3.05, 3.63) is 29.8 Å².